The van der Waals surface area contributed by atoms with Gasteiger partial charge in [-0.1, -0.05) is 0 Å². The van der Waals surface area contributed by atoms with E-state index in [2.05, 4.69) is 10.3 Å². The van der Waals surface area contributed by atoms with Gasteiger partial charge >= 0.3 is 0 Å². The third kappa shape index (κ3) is 2.45. The summed E-state index contributed by atoms with van der Waals surface area (Å²) in [7, 11) is 0. The molecule has 1 unspecified atom stereocenters. The molecule has 1 aliphatic rings. The van der Waals surface area contributed by atoms with Gasteiger partial charge in [-0.2, -0.15) is 0 Å². The molecule has 0 bridgehead atoms. The van der Waals surface area contributed by atoms with Gasteiger partial charge in [0.25, 0.3) is 0 Å². The molecule has 0 aromatic carbocycles. The highest BCUT2D eigenvalue weighted by molar-refractivity contribution is 5.19. The van der Waals surface area contributed by atoms with Crippen LogP contribution in [-0.4, -0.2) is 24.7 Å². The lowest BCUT2D eigenvalue weighted by molar-refractivity contribution is 0.259. The number of ether oxygens (including phenoxy) is 1. The molecule has 3 nitrogen and oxygen atoms in total. The molecule has 1 fully saturated rings. The highest BCUT2D eigenvalue weighted by atomic mass is 16.5. The minimum Gasteiger partial charge on any atom is -0.492 e. The van der Waals surface area contributed by atoms with E-state index in [1.807, 2.05) is 19.1 Å². The molecule has 1 saturated heterocycles. The van der Waals surface area contributed by atoms with E-state index < -0.39 is 0 Å². The predicted octanol–water partition coefficient (Wildman–Crippen LogP) is 1.38. The molecule has 1 aliphatic heterocycles. The smallest absolute Gasteiger partial charge is 0.137 e. The second-order valence-corrected chi connectivity index (χ2v) is 3.81. The van der Waals surface area contributed by atoms with Crippen LogP contribution in [0.5, 0.6) is 5.75 Å². The van der Waals surface area contributed by atoms with Crippen molar-refractivity contribution in [3.63, 3.8) is 0 Å². The van der Waals surface area contributed by atoms with E-state index in [0.717, 1.165) is 31.1 Å². The number of aryl methyl sites for hydroxylation is 1. The number of aromatic nitrogens is 1. The molecule has 0 spiro atoms. The molecular weight excluding hydrogens is 176 g/mol. The fourth-order valence-electron chi connectivity index (χ4n) is 1.61. The number of rotatable bonds is 3. The average Bonchev–Trinajstić information content (AvgIpc) is 2.70. The molecule has 1 N–H and O–H groups in total. The zero-order valence-corrected chi connectivity index (χ0v) is 8.49. The van der Waals surface area contributed by atoms with E-state index in [1.165, 1.54) is 6.42 Å². The van der Waals surface area contributed by atoms with Crippen LogP contribution in [0, 0.1) is 12.8 Å². The Morgan fingerprint density at radius 2 is 2.50 bits per heavy atom. The van der Waals surface area contributed by atoms with Crippen LogP contribution in [0.1, 0.15) is 12.1 Å². The third-order valence-corrected chi connectivity index (χ3v) is 2.53. The van der Waals surface area contributed by atoms with Crippen LogP contribution in [0.2, 0.25) is 0 Å². The van der Waals surface area contributed by atoms with Crippen molar-refractivity contribution in [2.24, 2.45) is 5.92 Å². The third-order valence-electron chi connectivity index (χ3n) is 2.53. The maximum absolute atomic E-state index is 5.64. The van der Waals surface area contributed by atoms with Gasteiger partial charge < -0.3 is 10.1 Å². The van der Waals surface area contributed by atoms with E-state index in [1.54, 1.807) is 6.20 Å². The first-order valence-corrected chi connectivity index (χ1v) is 5.11. The summed E-state index contributed by atoms with van der Waals surface area (Å²) in [6, 6.07) is 3.95. The van der Waals surface area contributed by atoms with Crippen LogP contribution in [0.15, 0.2) is 18.3 Å². The molecule has 2 rings (SSSR count). The zero-order valence-electron chi connectivity index (χ0n) is 8.49. The van der Waals surface area contributed by atoms with E-state index >= 15 is 0 Å². The highest BCUT2D eigenvalue weighted by Gasteiger charge is 2.14. The van der Waals surface area contributed by atoms with Crippen LogP contribution in [0.3, 0.4) is 0 Å². The van der Waals surface area contributed by atoms with Gasteiger partial charge in [-0.3, -0.25) is 4.98 Å². The van der Waals surface area contributed by atoms with Crippen molar-refractivity contribution in [1.29, 1.82) is 0 Å². The summed E-state index contributed by atoms with van der Waals surface area (Å²) in [5, 5.41) is 3.32. The standard InChI is InChI=1S/C11H16N2O/c1-9-2-3-11(7-13-9)14-8-10-4-5-12-6-10/h2-3,7,10,12H,4-6,8H2,1H3. The van der Waals surface area contributed by atoms with Crippen LogP contribution in [-0.2, 0) is 0 Å². The van der Waals surface area contributed by atoms with Crippen molar-refractivity contribution in [3.8, 4) is 5.75 Å². The van der Waals surface area contributed by atoms with E-state index in [-0.39, 0.29) is 0 Å². The second-order valence-electron chi connectivity index (χ2n) is 3.81. The molecule has 2 heterocycles. The SMILES string of the molecule is Cc1ccc(OCC2CCNC2)cn1. The lowest BCUT2D eigenvalue weighted by Gasteiger charge is -2.10. The van der Waals surface area contributed by atoms with Gasteiger partial charge in [0.1, 0.15) is 5.75 Å². The zero-order chi connectivity index (χ0) is 9.80. The summed E-state index contributed by atoms with van der Waals surface area (Å²) < 4.78 is 5.64. The molecule has 0 amide bonds. The molecule has 0 aliphatic carbocycles. The number of hydrogen-bond donors (Lipinski definition) is 1. The maximum Gasteiger partial charge on any atom is 0.137 e. The van der Waals surface area contributed by atoms with Crippen molar-refractivity contribution < 1.29 is 4.74 Å². The first-order valence-electron chi connectivity index (χ1n) is 5.11. The number of nitrogens with zero attached hydrogens (tertiary/aromatic N) is 1. The molecule has 76 valence electrons. The summed E-state index contributed by atoms with van der Waals surface area (Å²) in [5.74, 6) is 1.54. The molecule has 3 heteroatoms. The summed E-state index contributed by atoms with van der Waals surface area (Å²) in [6.07, 6.45) is 3.01. The largest absolute Gasteiger partial charge is 0.492 e. The summed E-state index contributed by atoms with van der Waals surface area (Å²) in [6.45, 7) is 4.99. The molecule has 0 saturated carbocycles. The Hall–Kier alpha value is -1.09. The lowest BCUT2D eigenvalue weighted by Crippen LogP contribution is -2.15. The Balaban J connectivity index is 1.82. The van der Waals surface area contributed by atoms with Crippen LogP contribution < -0.4 is 10.1 Å². The van der Waals surface area contributed by atoms with Crippen LogP contribution in [0.25, 0.3) is 0 Å². The average molecular weight is 192 g/mol. The van der Waals surface area contributed by atoms with Gasteiger partial charge in [0.05, 0.1) is 12.8 Å². The molecule has 1 aromatic heterocycles. The normalized spacial score (nSPS) is 21.1. The number of nitrogens with one attached hydrogen (secondary N) is 1. The first-order chi connectivity index (χ1) is 6.84. The van der Waals surface area contributed by atoms with Gasteiger partial charge in [0.2, 0.25) is 0 Å². The highest BCUT2D eigenvalue weighted by Crippen LogP contribution is 2.13. The Morgan fingerprint density at radius 3 is 3.14 bits per heavy atom. The van der Waals surface area contributed by atoms with Gasteiger partial charge in [-0.25, -0.2) is 0 Å². The lowest BCUT2D eigenvalue weighted by atomic mass is 10.1. The quantitative estimate of drug-likeness (QED) is 0.785. The molecular formula is C11H16N2O. The number of hydrogen-bond acceptors (Lipinski definition) is 3. The number of pyridine rings is 1. The molecule has 1 aromatic rings. The van der Waals surface area contributed by atoms with E-state index in [4.69, 9.17) is 4.74 Å². The van der Waals surface area contributed by atoms with Crippen molar-refractivity contribution in [2.75, 3.05) is 19.7 Å². The second kappa shape index (κ2) is 4.42. The molecule has 1 atom stereocenters. The topological polar surface area (TPSA) is 34.1 Å². The van der Waals surface area contributed by atoms with Gasteiger partial charge in [-0.15, -0.1) is 0 Å². The fourth-order valence-corrected chi connectivity index (χ4v) is 1.61. The van der Waals surface area contributed by atoms with Crippen molar-refractivity contribution in [2.45, 2.75) is 13.3 Å². The Labute approximate surface area is 84.5 Å². The van der Waals surface area contributed by atoms with E-state index in [0.29, 0.717) is 5.92 Å². The van der Waals surface area contributed by atoms with Gasteiger partial charge in [-0.05, 0) is 32.0 Å². The summed E-state index contributed by atoms with van der Waals surface area (Å²) in [5.41, 5.74) is 1.03. The summed E-state index contributed by atoms with van der Waals surface area (Å²) in [4.78, 5) is 4.18. The van der Waals surface area contributed by atoms with Gasteiger partial charge in [0, 0.05) is 18.2 Å². The van der Waals surface area contributed by atoms with Crippen molar-refractivity contribution >= 4 is 0 Å². The fraction of sp³-hybridized carbons (Fsp3) is 0.545. The van der Waals surface area contributed by atoms with Crippen molar-refractivity contribution in [3.05, 3.63) is 24.0 Å². The molecule has 0 radical (unpaired) electrons. The minimum atomic E-state index is 0.663. The Morgan fingerprint density at radius 1 is 1.57 bits per heavy atom. The first kappa shape index (κ1) is 9.46. The van der Waals surface area contributed by atoms with Crippen LogP contribution in [0.4, 0.5) is 0 Å². The maximum atomic E-state index is 5.64. The van der Waals surface area contributed by atoms with Crippen molar-refractivity contribution in [1.82, 2.24) is 10.3 Å². The Kier molecular flexibility index (Phi) is 2.99. The van der Waals surface area contributed by atoms with Gasteiger partial charge in [0.15, 0.2) is 0 Å². The predicted molar refractivity (Wildman–Crippen MR) is 55.4 cm³/mol. The molecule has 14 heavy (non-hydrogen) atoms. The van der Waals surface area contributed by atoms with E-state index in [9.17, 15) is 0 Å². The Bertz CT molecular complexity index is 278. The summed E-state index contributed by atoms with van der Waals surface area (Å²) >= 11 is 0. The monoisotopic (exact) mass is 192 g/mol. The van der Waals surface area contributed by atoms with Crippen LogP contribution >= 0.6 is 0 Å². The minimum absolute atomic E-state index is 0.663.